The molecule has 0 spiro atoms. The normalized spacial score (nSPS) is 5.91. The summed E-state index contributed by atoms with van der Waals surface area (Å²) in [6, 6.07) is 0. The third-order valence-electron chi connectivity index (χ3n) is 0.287. The molecule has 0 fully saturated rings. The lowest BCUT2D eigenvalue weighted by atomic mass is 10.8. The van der Waals surface area contributed by atoms with Crippen LogP contribution in [0.3, 0.4) is 0 Å². The van der Waals surface area contributed by atoms with Crippen LogP contribution >= 0.6 is 0 Å². The molecule has 3 nitrogen and oxygen atoms in total. The minimum atomic E-state index is -0.245. The van der Waals surface area contributed by atoms with E-state index in [-0.39, 0.29) is 5.97 Å². The van der Waals surface area contributed by atoms with Gasteiger partial charge in [0.15, 0.2) is 0 Å². The van der Waals surface area contributed by atoms with E-state index in [1.807, 2.05) is 6.92 Å². The largest absolute Gasteiger partial charge is 0.469 e. The topological polar surface area (TPSA) is 35.5 Å². The van der Waals surface area contributed by atoms with Gasteiger partial charge >= 0.3 is 5.97 Å². The van der Waals surface area contributed by atoms with Gasteiger partial charge < -0.3 is 9.47 Å². The summed E-state index contributed by atoms with van der Waals surface area (Å²) in [5.41, 5.74) is 0. The van der Waals surface area contributed by atoms with Crippen molar-refractivity contribution in [2.24, 2.45) is 0 Å². The quantitative estimate of drug-likeness (QED) is 0.401. The molecule has 68 valence electrons. The third kappa shape index (κ3) is 344. The maximum atomic E-state index is 9.59. The zero-order valence-electron chi connectivity index (χ0n) is 8.01. The van der Waals surface area contributed by atoms with Crippen LogP contribution < -0.4 is 0 Å². The van der Waals surface area contributed by atoms with Gasteiger partial charge in [0, 0.05) is 21.1 Å². The highest BCUT2D eigenvalue weighted by molar-refractivity contribution is 5.65. The summed E-state index contributed by atoms with van der Waals surface area (Å²) in [6.45, 7) is 6.61. The van der Waals surface area contributed by atoms with E-state index in [9.17, 15) is 4.79 Å². The van der Waals surface area contributed by atoms with E-state index in [4.69, 9.17) is 0 Å². The van der Waals surface area contributed by atoms with Gasteiger partial charge in [-0.15, -0.1) is 6.58 Å². The van der Waals surface area contributed by atoms with E-state index in [1.54, 1.807) is 20.3 Å². The standard InChI is InChI=1S/C3H6O2.C3H6.C2H6O/c1-3(4)5-2;2*1-3-2/h1-2H3;3H,1H2,2H3;1-2H3. The summed E-state index contributed by atoms with van der Waals surface area (Å²) in [5, 5.41) is 0. The van der Waals surface area contributed by atoms with Crippen LogP contribution in [0.2, 0.25) is 0 Å². The molecule has 0 bridgehead atoms. The Morgan fingerprint density at radius 2 is 1.45 bits per heavy atom. The summed E-state index contributed by atoms with van der Waals surface area (Å²) in [4.78, 5) is 9.59. The number of rotatable bonds is 0. The molecule has 0 unspecified atom stereocenters. The van der Waals surface area contributed by atoms with Crippen molar-refractivity contribution in [3.63, 3.8) is 0 Å². The number of carbonyl (C=O) groups excluding carboxylic acids is 1. The molecular weight excluding hydrogens is 144 g/mol. The van der Waals surface area contributed by atoms with E-state index < -0.39 is 0 Å². The van der Waals surface area contributed by atoms with Crippen LogP contribution in [0.25, 0.3) is 0 Å². The van der Waals surface area contributed by atoms with Crippen molar-refractivity contribution in [1.82, 2.24) is 0 Å². The molecule has 0 heterocycles. The Kier molecular flexibility index (Phi) is 34.6. The number of carbonyl (C=O) groups is 1. The molecule has 0 saturated carbocycles. The Balaban J connectivity index is -0.0000000933. The van der Waals surface area contributed by atoms with Crippen LogP contribution in [0.5, 0.6) is 0 Å². The number of hydrogen-bond acceptors (Lipinski definition) is 3. The van der Waals surface area contributed by atoms with Gasteiger partial charge in [0.2, 0.25) is 0 Å². The van der Waals surface area contributed by atoms with E-state index >= 15 is 0 Å². The van der Waals surface area contributed by atoms with E-state index in [0.29, 0.717) is 0 Å². The summed E-state index contributed by atoms with van der Waals surface area (Å²) < 4.78 is 8.36. The number of hydrogen-bond donors (Lipinski definition) is 0. The Morgan fingerprint density at radius 3 is 1.45 bits per heavy atom. The maximum Gasteiger partial charge on any atom is 0.302 e. The van der Waals surface area contributed by atoms with Gasteiger partial charge in [-0.2, -0.15) is 0 Å². The van der Waals surface area contributed by atoms with Crippen LogP contribution in [0.4, 0.5) is 0 Å². The zero-order valence-corrected chi connectivity index (χ0v) is 8.01. The number of allylic oxidation sites excluding steroid dienone is 1. The van der Waals surface area contributed by atoms with E-state index in [2.05, 4.69) is 16.1 Å². The molecule has 0 rings (SSSR count). The average Bonchev–Trinajstić information content (AvgIpc) is 1.91. The second-order valence-corrected chi connectivity index (χ2v) is 1.51. The Labute approximate surface area is 69.0 Å². The first-order valence-corrected chi connectivity index (χ1v) is 3.12. The van der Waals surface area contributed by atoms with Gasteiger partial charge in [0.25, 0.3) is 0 Å². The van der Waals surface area contributed by atoms with Crippen molar-refractivity contribution in [2.75, 3.05) is 21.3 Å². The average molecular weight is 162 g/mol. The van der Waals surface area contributed by atoms with Crippen molar-refractivity contribution in [3.05, 3.63) is 12.7 Å². The van der Waals surface area contributed by atoms with Gasteiger partial charge in [-0.1, -0.05) is 6.08 Å². The molecule has 3 heteroatoms. The van der Waals surface area contributed by atoms with Crippen LogP contribution in [0.1, 0.15) is 13.8 Å². The highest BCUT2D eigenvalue weighted by Gasteiger charge is 1.75. The molecule has 0 N–H and O–H groups in total. The SMILES string of the molecule is C=CC.COC.COC(C)=O. The number of esters is 1. The van der Waals surface area contributed by atoms with Gasteiger partial charge in [-0.25, -0.2) is 0 Å². The molecule has 0 aromatic heterocycles. The second-order valence-electron chi connectivity index (χ2n) is 1.51. The Morgan fingerprint density at radius 1 is 1.36 bits per heavy atom. The molecule has 0 aliphatic heterocycles. The molecule has 0 aliphatic carbocycles. The highest BCUT2D eigenvalue weighted by Crippen LogP contribution is 1.60. The molecule has 0 atom stereocenters. The molecule has 0 saturated heterocycles. The van der Waals surface area contributed by atoms with E-state index in [0.717, 1.165) is 0 Å². The van der Waals surface area contributed by atoms with Crippen LogP contribution in [0.15, 0.2) is 12.7 Å². The van der Waals surface area contributed by atoms with Crippen molar-refractivity contribution in [2.45, 2.75) is 13.8 Å². The predicted molar refractivity (Wildman–Crippen MR) is 46.5 cm³/mol. The Hall–Kier alpha value is -0.830. The molecule has 11 heavy (non-hydrogen) atoms. The molecule has 0 aromatic carbocycles. The van der Waals surface area contributed by atoms with Crippen LogP contribution in [0, 0.1) is 0 Å². The second kappa shape index (κ2) is 22.9. The third-order valence-corrected chi connectivity index (χ3v) is 0.287. The smallest absolute Gasteiger partial charge is 0.302 e. The highest BCUT2D eigenvalue weighted by atomic mass is 16.5. The zero-order chi connectivity index (χ0) is 9.70. The van der Waals surface area contributed by atoms with Gasteiger partial charge in [0.05, 0.1) is 7.11 Å². The molecule has 0 radical (unpaired) electrons. The molecule has 0 amide bonds. The first kappa shape index (κ1) is 16.6. The fraction of sp³-hybridized carbons (Fsp3) is 0.625. The first-order valence-electron chi connectivity index (χ1n) is 3.12. The van der Waals surface area contributed by atoms with Gasteiger partial charge in [0.1, 0.15) is 0 Å². The summed E-state index contributed by atoms with van der Waals surface area (Å²) >= 11 is 0. The monoisotopic (exact) mass is 162 g/mol. The Bertz CT molecular complexity index is 79.4. The van der Waals surface area contributed by atoms with Crippen molar-refractivity contribution in [1.29, 1.82) is 0 Å². The predicted octanol–water partition coefficient (Wildman–Crippen LogP) is 1.63. The fourth-order valence-corrected chi connectivity index (χ4v) is 0. The molecule has 0 aromatic rings. The van der Waals surface area contributed by atoms with E-state index in [1.165, 1.54) is 14.0 Å². The summed E-state index contributed by atoms with van der Waals surface area (Å²) in [7, 11) is 4.60. The van der Waals surface area contributed by atoms with Gasteiger partial charge in [-0.05, 0) is 6.92 Å². The van der Waals surface area contributed by atoms with Crippen molar-refractivity contribution < 1.29 is 14.3 Å². The lowest BCUT2D eigenvalue weighted by Gasteiger charge is -1.80. The maximum absolute atomic E-state index is 9.59. The number of ether oxygens (including phenoxy) is 2. The van der Waals surface area contributed by atoms with Gasteiger partial charge in [-0.3, -0.25) is 4.79 Å². The fourth-order valence-electron chi connectivity index (χ4n) is 0. The lowest BCUT2D eigenvalue weighted by Crippen LogP contribution is -1.88. The summed E-state index contributed by atoms with van der Waals surface area (Å²) in [5.74, 6) is -0.245. The minimum absolute atomic E-state index is 0.245. The summed E-state index contributed by atoms with van der Waals surface area (Å²) in [6.07, 6.45) is 1.75. The van der Waals surface area contributed by atoms with Crippen LogP contribution in [-0.2, 0) is 14.3 Å². The van der Waals surface area contributed by atoms with Crippen LogP contribution in [-0.4, -0.2) is 27.3 Å². The first-order chi connectivity index (χ1) is 5.10. The lowest BCUT2D eigenvalue weighted by molar-refractivity contribution is -0.137. The minimum Gasteiger partial charge on any atom is -0.469 e. The van der Waals surface area contributed by atoms with Crippen molar-refractivity contribution in [3.8, 4) is 0 Å². The molecular formula is C8H18O3. The van der Waals surface area contributed by atoms with Crippen molar-refractivity contribution >= 4 is 5.97 Å². The molecule has 0 aliphatic rings. The number of methoxy groups -OCH3 is 2.